The maximum absolute atomic E-state index is 12.1. The number of hydrogen-bond donors (Lipinski definition) is 2. The fraction of sp³-hybridized carbons (Fsp3) is 0.905. The molecule has 0 spiro atoms. The summed E-state index contributed by atoms with van der Waals surface area (Å²) in [6, 6.07) is -0.0272. The van der Waals surface area contributed by atoms with Crippen LogP contribution in [0.3, 0.4) is 0 Å². The molecule has 8 heteroatoms. The summed E-state index contributed by atoms with van der Waals surface area (Å²) in [5, 5.41) is 6.44. The van der Waals surface area contributed by atoms with Crippen molar-refractivity contribution in [3.63, 3.8) is 0 Å². The van der Waals surface area contributed by atoms with Crippen molar-refractivity contribution in [3.05, 3.63) is 0 Å². The van der Waals surface area contributed by atoms with E-state index in [0.29, 0.717) is 12.5 Å². The van der Waals surface area contributed by atoms with Crippen molar-refractivity contribution in [3.8, 4) is 0 Å². The molecule has 0 aliphatic carbocycles. The van der Waals surface area contributed by atoms with Crippen LogP contribution in [0.25, 0.3) is 0 Å². The molecule has 2 N–H and O–H groups in total. The number of carbonyl (C=O) groups excluding carboxylic acids is 1. The zero-order valence-electron chi connectivity index (χ0n) is 19.7. The largest absolute Gasteiger partial charge is 0.444 e. The monoisotopic (exact) mass is 525 g/mol. The lowest BCUT2D eigenvalue weighted by Gasteiger charge is -2.28. The Labute approximate surface area is 195 Å². The Bertz CT molecular complexity index is 504. The molecule has 0 aromatic carbocycles. The van der Waals surface area contributed by atoms with Crippen molar-refractivity contribution in [2.75, 3.05) is 46.3 Å². The van der Waals surface area contributed by atoms with Crippen molar-refractivity contribution in [1.82, 2.24) is 20.4 Å². The average Bonchev–Trinajstić information content (AvgIpc) is 3.05. The number of hydrogen-bond acceptors (Lipinski definition) is 4. The van der Waals surface area contributed by atoms with E-state index in [4.69, 9.17) is 4.74 Å². The summed E-state index contributed by atoms with van der Waals surface area (Å²) >= 11 is 0. The van der Waals surface area contributed by atoms with Crippen molar-refractivity contribution in [2.45, 2.75) is 66.5 Å². The molecule has 1 aliphatic rings. The summed E-state index contributed by atoms with van der Waals surface area (Å²) in [7, 11) is 1.83. The third kappa shape index (κ3) is 10.7. The fourth-order valence-corrected chi connectivity index (χ4v) is 3.47. The number of alkyl carbamates (subject to hydrolysis) is 1. The first-order valence-electron chi connectivity index (χ1n) is 10.8. The molecular formula is C21H44IN5O2. The number of halogens is 1. The number of likely N-dealkylation sites (tertiary alicyclic amines) is 1. The minimum Gasteiger partial charge on any atom is -0.444 e. The average molecular weight is 526 g/mol. The normalized spacial score (nSPS) is 18.6. The maximum Gasteiger partial charge on any atom is 0.407 e. The van der Waals surface area contributed by atoms with Gasteiger partial charge < -0.3 is 25.2 Å². The number of guanidine groups is 1. The highest BCUT2D eigenvalue weighted by atomic mass is 127. The van der Waals surface area contributed by atoms with Gasteiger partial charge >= 0.3 is 6.09 Å². The van der Waals surface area contributed by atoms with E-state index in [-0.39, 0.29) is 42.0 Å². The molecule has 1 aliphatic heterocycles. The van der Waals surface area contributed by atoms with E-state index in [2.05, 4.69) is 53.1 Å². The smallest absolute Gasteiger partial charge is 0.407 e. The van der Waals surface area contributed by atoms with Crippen molar-refractivity contribution < 1.29 is 9.53 Å². The molecule has 0 bridgehead atoms. The summed E-state index contributed by atoms with van der Waals surface area (Å²) in [5.41, 5.74) is -0.496. The van der Waals surface area contributed by atoms with Crippen LogP contribution in [0, 0.1) is 11.8 Å². The second-order valence-electron chi connectivity index (χ2n) is 9.01. The van der Waals surface area contributed by atoms with Gasteiger partial charge in [-0.3, -0.25) is 4.99 Å². The van der Waals surface area contributed by atoms with Gasteiger partial charge in [-0.15, -0.1) is 24.0 Å². The summed E-state index contributed by atoms with van der Waals surface area (Å²) in [5.74, 6) is 1.88. The Kier molecular flexibility index (Phi) is 13.2. The lowest BCUT2D eigenvalue weighted by molar-refractivity contribution is 0.0491. The van der Waals surface area contributed by atoms with E-state index in [1.165, 1.54) is 6.42 Å². The van der Waals surface area contributed by atoms with Crippen LogP contribution in [0.15, 0.2) is 4.99 Å². The molecule has 29 heavy (non-hydrogen) atoms. The summed E-state index contributed by atoms with van der Waals surface area (Å²) in [6.07, 6.45) is 0.824. The van der Waals surface area contributed by atoms with Crippen LogP contribution in [-0.4, -0.2) is 79.8 Å². The minimum absolute atomic E-state index is 0. The van der Waals surface area contributed by atoms with Gasteiger partial charge in [-0.25, -0.2) is 4.79 Å². The first kappa shape index (κ1) is 28.2. The van der Waals surface area contributed by atoms with Crippen LogP contribution >= 0.6 is 24.0 Å². The zero-order chi connectivity index (χ0) is 21.3. The molecule has 1 rings (SSSR count). The van der Waals surface area contributed by atoms with E-state index < -0.39 is 5.60 Å². The van der Waals surface area contributed by atoms with Gasteiger partial charge in [-0.1, -0.05) is 27.7 Å². The molecule has 1 amide bonds. The quantitative estimate of drug-likeness (QED) is 0.289. The standard InChI is InChI=1S/C21H43N5O2.HI/c1-9-25(10-2)14-17-11-12-26(15-17)19(22-8)23-13-18(16(3)4)24-20(27)28-21(5,6)7;/h16-18H,9-15H2,1-8H3,(H,22,23)(H,24,27);1H. The first-order valence-corrected chi connectivity index (χ1v) is 10.8. The molecular weight excluding hydrogens is 481 g/mol. The topological polar surface area (TPSA) is 69.2 Å². The Morgan fingerprint density at radius 3 is 2.38 bits per heavy atom. The maximum atomic E-state index is 12.1. The van der Waals surface area contributed by atoms with Gasteiger partial charge in [0.25, 0.3) is 0 Å². The van der Waals surface area contributed by atoms with Crippen LogP contribution in [0.5, 0.6) is 0 Å². The molecule has 0 saturated carbocycles. The highest BCUT2D eigenvalue weighted by molar-refractivity contribution is 14.0. The molecule has 2 unspecified atom stereocenters. The lowest BCUT2D eigenvalue weighted by Crippen LogP contribution is -2.50. The Morgan fingerprint density at radius 2 is 1.90 bits per heavy atom. The number of carbonyl (C=O) groups is 1. The van der Waals surface area contributed by atoms with E-state index in [1.807, 2.05) is 27.8 Å². The van der Waals surface area contributed by atoms with Gasteiger partial charge in [-0.2, -0.15) is 0 Å². The van der Waals surface area contributed by atoms with Crippen LogP contribution in [0.2, 0.25) is 0 Å². The number of nitrogens with zero attached hydrogens (tertiary/aromatic N) is 3. The van der Waals surface area contributed by atoms with Gasteiger partial charge in [0.15, 0.2) is 5.96 Å². The minimum atomic E-state index is -0.496. The van der Waals surface area contributed by atoms with Gasteiger partial charge in [-0.05, 0) is 52.1 Å². The Morgan fingerprint density at radius 1 is 1.28 bits per heavy atom. The van der Waals surface area contributed by atoms with E-state index in [9.17, 15) is 4.79 Å². The number of amides is 1. The van der Waals surface area contributed by atoms with Gasteiger partial charge in [0.1, 0.15) is 5.60 Å². The zero-order valence-corrected chi connectivity index (χ0v) is 22.1. The molecule has 7 nitrogen and oxygen atoms in total. The van der Waals surface area contributed by atoms with Crippen molar-refractivity contribution >= 4 is 36.0 Å². The predicted molar refractivity (Wildman–Crippen MR) is 132 cm³/mol. The number of rotatable bonds is 8. The number of nitrogens with one attached hydrogen (secondary N) is 2. The van der Waals surface area contributed by atoms with Crippen molar-refractivity contribution in [2.24, 2.45) is 16.8 Å². The second-order valence-corrected chi connectivity index (χ2v) is 9.01. The highest BCUT2D eigenvalue weighted by Crippen LogP contribution is 2.17. The molecule has 172 valence electrons. The number of aliphatic imine (C=N–C) groups is 1. The third-order valence-corrected chi connectivity index (χ3v) is 5.19. The molecule has 0 aromatic rings. The summed E-state index contributed by atoms with van der Waals surface area (Å²) in [6.45, 7) is 20.3. The van der Waals surface area contributed by atoms with Crippen LogP contribution in [0.4, 0.5) is 4.79 Å². The highest BCUT2D eigenvalue weighted by Gasteiger charge is 2.27. The van der Waals surface area contributed by atoms with Gasteiger partial charge in [0.2, 0.25) is 0 Å². The van der Waals surface area contributed by atoms with Gasteiger partial charge in [0, 0.05) is 33.2 Å². The second kappa shape index (κ2) is 13.5. The van der Waals surface area contributed by atoms with Crippen molar-refractivity contribution in [1.29, 1.82) is 0 Å². The fourth-order valence-electron chi connectivity index (χ4n) is 3.47. The number of ether oxygens (including phenoxy) is 1. The lowest BCUT2D eigenvalue weighted by atomic mass is 10.0. The molecule has 0 radical (unpaired) electrons. The predicted octanol–water partition coefficient (Wildman–Crippen LogP) is 3.39. The Balaban J connectivity index is 0.00000784. The molecule has 2 atom stereocenters. The van der Waals surface area contributed by atoms with Crippen LogP contribution in [0.1, 0.15) is 54.9 Å². The SMILES string of the molecule is CCN(CC)CC1CCN(C(=NC)NCC(NC(=O)OC(C)(C)C)C(C)C)C1.I. The molecule has 1 saturated heterocycles. The third-order valence-electron chi connectivity index (χ3n) is 5.19. The summed E-state index contributed by atoms with van der Waals surface area (Å²) < 4.78 is 5.40. The van der Waals surface area contributed by atoms with Crippen LogP contribution in [-0.2, 0) is 4.74 Å². The first-order chi connectivity index (χ1) is 13.1. The molecule has 1 fully saturated rings. The molecule has 1 heterocycles. The van der Waals surface area contributed by atoms with E-state index in [0.717, 1.165) is 38.7 Å². The van der Waals surface area contributed by atoms with Gasteiger partial charge in [0.05, 0.1) is 6.04 Å². The van der Waals surface area contributed by atoms with E-state index >= 15 is 0 Å². The Hall–Kier alpha value is -0.770. The summed E-state index contributed by atoms with van der Waals surface area (Å²) in [4.78, 5) is 21.4. The van der Waals surface area contributed by atoms with Crippen LogP contribution < -0.4 is 10.6 Å². The molecule has 0 aromatic heterocycles. The van der Waals surface area contributed by atoms with E-state index in [1.54, 1.807) is 0 Å².